The fraction of sp³-hybridized carbons (Fsp3) is 0.125. The number of halogens is 1. The number of benzene rings is 1. The summed E-state index contributed by atoms with van der Waals surface area (Å²) in [5.41, 5.74) is 1.72. The molecule has 2 aromatic heterocycles. The molecule has 1 aromatic carbocycles. The van der Waals surface area contributed by atoms with E-state index in [1.54, 1.807) is 20.3 Å². The third-order valence-corrected chi connectivity index (χ3v) is 4.21. The van der Waals surface area contributed by atoms with Crippen LogP contribution in [0, 0.1) is 0 Å². The molecular weight excluding hydrogens is 364 g/mol. The Bertz CT molecular complexity index is 899. The first kappa shape index (κ1) is 17.1. The van der Waals surface area contributed by atoms with E-state index in [1.807, 2.05) is 17.5 Å². The van der Waals surface area contributed by atoms with Crippen molar-refractivity contribution in [1.29, 1.82) is 0 Å². The fourth-order valence-corrected chi connectivity index (χ4v) is 2.86. The number of nitrogens with zero attached hydrogens (tertiary/aromatic N) is 3. The summed E-state index contributed by atoms with van der Waals surface area (Å²) in [6.45, 7) is 0. The van der Waals surface area contributed by atoms with Crippen LogP contribution in [-0.2, 0) is 0 Å². The minimum absolute atomic E-state index is 0.160. The third-order valence-electron chi connectivity index (χ3n) is 3.26. The second kappa shape index (κ2) is 7.45. The average molecular weight is 377 g/mol. The molecular formula is C16H13ClN4O3S. The van der Waals surface area contributed by atoms with E-state index < -0.39 is 5.91 Å². The lowest BCUT2D eigenvalue weighted by molar-refractivity contribution is 0.102. The second-order valence-corrected chi connectivity index (χ2v) is 6.03. The summed E-state index contributed by atoms with van der Waals surface area (Å²) < 4.78 is 10.5. The van der Waals surface area contributed by atoms with Gasteiger partial charge in [-0.2, -0.15) is 0 Å². The zero-order chi connectivity index (χ0) is 17.8. The smallest absolute Gasteiger partial charge is 0.277 e. The van der Waals surface area contributed by atoms with Gasteiger partial charge in [0.15, 0.2) is 16.6 Å². The molecule has 0 aliphatic carbocycles. The number of nitrogens with one attached hydrogen (secondary N) is 1. The maximum atomic E-state index is 12.1. The molecule has 128 valence electrons. The van der Waals surface area contributed by atoms with E-state index in [0.717, 1.165) is 5.56 Å². The lowest BCUT2D eigenvalue weighted by Gasteiger charge is -2.08. The number of carbonyl (C=O) groups is 1. The summed E-state index contributed by atoms with van der Waals surface area (Å²) in [5.74, 6) is 0.837. The van der Waals surface area contributed by atoms with Crippen molar-refractivity contribution in [1.82, 2.24) is 15.0 Å². The molecule has 3 rings (SSSR count). The first-order chi connectivity index (χ1) is 12.1. The molecule has 1 N–H and O–H groups in total. The van der Waals surface area contributed by atoms with Gasteiger partial charge in [0.05, 0.1) is 32.3 Å². The van der Waals surface area contributed by atoms with Gasteiger partial charge in [0.25, 0.3) is 5.91 Å². The van der Waals surface area contributed by atoms with Crippen molar-refractivity contribution in [2.75, 3.05) is 19.5 Å². The normalized spacial score (nSPS) is 10.4. The van der Waals surface area contributed by atoms with E-state index in [-0.39, 0.29) is 10.8 Å². The Morgan fingerprint density at radius 3 is 2.64 bits per heavy atom. The number of hydrogen-bond donors (Lipinski definition) is 1. The molecule has 0 saturated carbocycles. The number of aromatic nitrogens is 3. The number of amides is 1. The van der Waals surface area contributed by atoms with Gasteiger partial charge in [-0.3, -0.25) is 10.1 Å². The topological polar surface area (TPSA) is 86.2 Å². The Morgan fingerprint density at radius 2 is 1.96 bits per heavy atom. The lowest BCUT2D eigenvalue weighted by atomic mass is 10.1. The van der Waals surface area contributed by atoms with E-state index in [0.29, 0.717) is 22.3 Å². The highest BCUT2D eigenvalue weighted by Crippen LogP contribution is 2.33. The highest BCUT2D eigenvalue weighted by atomic mass is 35.5. The molecule has 1 amide bonds. The van der Waals surface area contributed by atoms with Crippen LogP contribution in [-0.4, -0.2) is 35.1 Å². The molecule has 0 atom stereocenters. The minimum Gasteiger partial charge on any atom is -0.493 e. The van der Waals surface area contributed by atoms with Crippen molar-refractivity contribution in [2.24, 2.45) is 0 Å². The van der Waals surface area contributed by atoms with Crippen LogP contribution in [0.15, 0.2) is 36.0 Å². The highest BCUT2D eigenvalue weighted by molar-refractivity contribution is 7.14. The first-order valence-electron chi connectivity index (χ1n) is 7.07. The van der Waals surface area contributed by atoms with Crippen LogP contribution in [0.4, 0.5) is 5.13 Å². The molecule has 3 aromatic rings. The standard InChI is InChI=1S/C16H13ClN4O3S/c1-23-12-4-3-9(5-13(12)24-2)11-8-25-16(20-11)21-15(22)10-6-19-14(17)7-18-10/h3-8H,1-2H3,(H,20,21,22). The van der Waals surface area contributed by atoms with E-state index in [1.165, 1.54) is 23.7 Å². The molecule has 2 heterocycles. The third kappa shape index (κ3) is 3.86. The number of hydrogen-bond acceptors (Lipinski definition) is 7. The van der Waals surface area contributed by atoms with E-state index in [9.17, 15) is 4.79 Å². The van der Waals surface area contributed by atoms with Crippen molar-refractivity contribution in [3.05, 3.63) is 46.8 Å². The fourth-order valence-electron chi connectivity index (χ4n) is 2.05. The molecule has 25 heavy (non-hydrogen) atoms. The van der Waals surface area contributed by atoms with Crippen LogP contribution >= 0.6 is 22.9 Å². The van der Waals surface area contributed by atoms with Crippen molar-refractivity contribution >= 4 is 34.0 Å². The summed E-state index contributed by atoms with van der Waals surface area (Å²) in [5, 5.41) is 5.20. The van der Waals surface area contributed by atoms with Crippen molar-refractivity contribution in [3.63, 3.8) is 0 Å². The van der Waals surface area contributed by atoms with Gasteiger partial charge < -0.3 is 9.47 Å². The molecule has 0 aliphatic heterocycles. The Hall–Kier alpha value is -2.71. The minimum atomic E-state index is -0.405. The van der Waals surface area contributed by atoms with Gasteiger partial charge in [-0.15, -0.1) is 11.3 Å². The molecule has 0 aliphatic rings. The number of thiazole rings is 1. The maximum absolute atomic E-state index is 12.1. The van der Waals surface area contributed by atoms with Gasteiger partial charge in [0.2, 0.25) is 0 Å². The first-order valence-corrected chi connectivity index (χ1v) is 8.33. The monoisotopic (exact) mass is 376 g/mol. The summed E-state index contributed by atoms with van der Waals surface area (Å²) in [6, 6.07) is 5.49. The van der Waals surface area contributed by atoms with Gasteiger partial charge in [-0.25, -0.2) is 15.0 Å². The number of anilines is 1. The average Bonchev–Trinajstić information content (AvgIpc) is 3.10. The van der Waals surface area contributed by atoms with Gasteiger partial charge in [-0.05, 0) is 18.2 Å². The van der Waals surface area contributed by atoms with Crippen molar-refractivity contribution in [2.45, 2.75) is 0 Å². The Morgan fingerprint density at radius 1 is 1.16 bits per heavy atom. The van der Waals surface area contributed by atoms with Crippen LogP contribution in [0.3, 0.4) is 0 Å². The molecule has 9 heteroatoms. The summed E-state index contributed by atoms with van der Waals surface area (Å²) >= 11 is 6.96. The number of rotatable bonds is 5. The maximum Gasteiger partial charge on any atom is 0.277 e. The van der Waals surface area contributed by atoms with E-state index >= 15 is 0 Å². The lowest BCUT2D eigenvalue weighted by Crippen LogP contribution is -2.13. The molecule has 0 saturated heterocycles. The van der Waals surface area contributed by atoms with Crippen LogP contribution in [0.25, 0.3) is 11.3 Å². The predicted molar refractivity (Wildman–Crippen MR) is 95.6 cm³/mol. The number of methoxy groups -OCH3 is 2. The Balaban J connectivity index is 1.78. The van der Waals surface area contributed by atoms with Gasteiger partial charge >= 0.3 is 0 Å². The molecule has 7 nitrogen and oxygen atoms in total. The second-order valence-electron chi connectivity index (χ2n) is 4.79. The SMILES string of the molecule is COc1ccc(-c2csc(NC(=O)c3cnc(Cl)cn3)n2)cc1OC. The van der Waals surface area contributed by atoms with Gasteiger partial charge in [0.1, 0.15) is 10.8 Å². The zero-order valence-corrected chi connectivity index (χ0v) is 14.9. The summed E-state index contributed by atoms with van der Waals surface area (Å²) in [7, 11) is 3.15. The highest BCUT2D eigenvalue weighted by Gasteiger charge is 2.13. The largest absolute Gasteiger partial charge is 0.493 e. The van der Waals surface area contributed by atoms with Crippen molar-refractivity contribution < 1.29 is 14.3 Å². The quantitative estimate of drug-likeness (QED) is 0.733. The zero-order valence-electron chi connectivity index (χ0n) is 13.3. The van der Waals surface area contributed by atoms with Gasteiger partial charge in [-0.1, -0.05) is 11.6 Å². The summed E-state index contributed by atoms with van der Waals surface area (Å²) in [4.78, 5) is 24.3. The predicted octanol–water partition coefficient (Wildman–Crippen LogP) is 3.52. The van der Waals surface area contributed by atoms with E-state index in [2.05, 4.69) is 20.3 Å². The molecule has 0 bridgehead atoms. The Labute approximate surface area is 152 Å². The van der Waals surface area contributed by atoms with Crippen LogP contribution < -0.4 is 14.8 Å². The number of carbonyl (C=O) groups excluding carboxylic acids is 1. The molecule has 0 spiro atoms. The van der Waals surface area contributed by atoms with Crippen molar-refractivity contribution in [3.8, 4) is 22.8 Å². The summed E-state index contributed by atoms with van der Waals surface area (Å²) in [6.07, 6.45) is 2.62. The molecule has 0 unspecified atom stereocenters. The van der Waals surface area contributed by atoms with Crippen LogP contribution in [0.1, 0.15) is 10.5 Å². The molecule has 0 radical (unpaired) electrons. The van der Waals surface area contributed by atoms with Crippen LogP contribution in [0.2, 0.25) is 5.15 Å². The van der Waals surface area contributed by atoms with Gasteiger partial charge in [0, 0.05) is 10.9 Å². The molecule has 0 fully saturated rings. The number of ether oxygens (including phenoxy) is 2. The van der Waals surface area contributed by atoms with E-state index in [4.69, 9.17) is 21.1 Å². The Kier molecular flexibility index (Phi) is 5.11. The van der Waals surface area contributed by atoms with Crippen LogP contribution in [0.5, 0.6) is 11.5 Å².